The Balaban J connectivity index is 1.16. The summed E-state index contributed by atoms with van der Waals surface area (Å²) in [6.07, 6.45) is 3.02. The Bertz CT molecular complexity index is 2880. The lowest BCUT2D eigenvalue weighted by molar-refractivity contribution is 0.648. The molecule has 2 unspecified atom stereocenters. The third-order valence-electron chi connectivity index (χ3n) is 12.3. The fourth-order valence-electron chi connectivity index (χ4n) is 9.36. The molecule has 0 amide bonds. The molecule has 272 valence electrons. The zero-order valence-corrected chi connectivity index (χ0v) is 32.8. The molecular weight excluding hydrogens is 669 g/mol. The molecule has 0 aliphatic heterocycles. The largest absolute Gasteiger partial charge is 0.456 e. The molecule has 0 aliphatic rings. The molecule has 2 atom stereocenters. The molecule has 55 heavy (non-hydrogen) atoms. The summed E-state index contributed by atoms with van der Waals surface area (Å²) in [6.45, 7) is 13.4. The molecule has 0 aliphatic carbocycles. The molecule has 0 radical (unpaired) electrons. The van der Waals surface area contributed by atoms with E-state index in [1.807, 2.05) is 0 Å². The minimum atomic E-state index is 0.245. The Morgan fingerprint density at radius 1 is 0.473 bits per heavy atom. The van der Waals surface area contributed by atoms with Crippen molar-refractivity contribution in [2.45, 2.75) is 72.6 Å². The van der Waals surface area contributed by atoms with E-state index in [1.165, 1.54) is 82.7 Å². The molecule has 0 saturated carbocycles. The molecule has 2 aromatic heterocycles. The van der Waals surface area contributed by atoms with Gasteiger partial charge in [0.2, 0.25) is 0 Å². The van der Waals surface area contributed by atoms with Gasteiger partial charge in [0.1, 0.15) is 22.3 Å². The number of rotatable bonds is 9. The molecule has 2 heterocycles. The topological polar surface area (TPSA) is 26.3 Å². The highest BCUT2D eigenvalue weighted by Gasteiger charge is 2.24. The summed E-state index contributed by atoms with van der Waals surface area (Å²) >= 11 is 0. The van der Waals surface area contributed by atoms with Crippen molar-refractivity contribution < 1.29 is 8.83 Å². The summed E-state index contributed by atoms with van der Waals surface area (Å²) in [7, 11) is 0. The summed E-state index contributed by atoms with van der Waals surface area (Å²) in [5.74, 6) is 0.616. The Morgan fingerprint density at radius 3 is 1.58 bits per heavy atom. The van der Waals surface area contributed by atoms with Gasteiger partial charge in [-0.15, -0.1) is 0 Å². The average molecular weight is 717 g/mol. The third-order valence-corrected chi connectivity index (χ3v) is 12.3. The number of fused-ring (bicyclic) bond motifs is 6. The maximum atomic E-state index is 6.69. The quantitative estimate of drug-likeness (QED) is 0.149. The number of hydrogen-bond donors (Lipinski definition) is 0. The minimum Gasteiger partial charge on any atom is -0.456 e. The normalized spacial score (nSPS) is 13.0. The Labute approximate surface area is 324 Å². The van der Waals surface area contributed by atoms with E-state index in [0.717, 1.165) is 47.2 Å². The molecular formula is C53H48O2. The number of hydrogen-bond acceptors (Lipinski definition) is 2. The van der Waals surface area contributed by atoms with E-state index >= 15 is 0 Å². The zero-order chi connectivity index (χ0) is 37.8. The van der Waals surface area contributed by atoms with E-state index < -0.39 is 0 Å². The van der Waals surface area contributed by atoms with Crippen LogP contribution in [0.25, 0.3) is 66.1 Å². The van der Waals surface area contributed by atoms with Crippen LogP contribution in [0.15, 0.2) is 142 Å². The molecule has 0 spiro atoms. The first-order chi connectivity index (χ1) is 26.9. The molecule has 2 heteroatoms. The smallest absolute Gasteiger partial charge is 0.142 e. The highest BCUT2D eigenvalue weighted by Crippen LogP contribution is 2.45. The number of furan rings is 2. The van der Waals surface area contributed by atoms with Gasteiger partial charge >= 0.3 is 0 Å². The third kappa shape index (κ3) is 5.87. The monoisotopic (exact) mass is 716 g/mol. The summed E-state index contributed by atoms with van der Waals surface area (Å²) in [5.41, 5.74) is 19.2. The van der Waals surface area contributed by atoms with Crippen LogP contribution in [0.3, 0.4) is 0 Å². The van der Waals surface area contributed by atoms with E-state index in [9.17, 15) is 0 Å². The van der Waals surface area contributed by atoms with E-state index in [-0.39, 0.29) is 5.92 Å². The van der Waals surface area contributed by atoms with Gasteiger partial charge in [-0.3, -0.25) is 0 Å². The first-order valence-corrected chi connectivity index (χ1v) is 20.0. The van der Waals surface area contributed by atoms with Gasteiger partial charge in [0.05, 0.1) is 0 Å². The van der Waals surface area contributed by atoms with Crippen LogP contribution in [-0.4, -0.2) is 0 Å². The molecule has 0 bridgehead atoms. The minimum absolute atomic E-state index is 0.245. The fraction of sp³-hybridized carbons (Fsp3) is 0.208. The van der Waals surface area contributed by atoms with Gasteiger partial charge in [0.25, 0.3) is 0 Å². The van der Waals surface area contributed by atoms with Crippen LogP contribution in [0, 0.1) is 27.7 Å². The summed E-state index contributed by atoms with van der Waals surface area (Å²) in [4.78, 5) is 0. The van der Waals surface area contributed by atoms with Crippen LogP contribution in [0.4, 0.5) is 0 Å². The summed E-state index contributed by atoms with van der Waals surface area (Å²) in [6, 6.07) is 49.1. The zero-order valence-electron chi connectivity index (χ0n) is 32.8. The van der Waals surface area contributed by atoms with Crippen LogP contribution in [-0.2, 0) is 6.42 Å². The Hall–Kier alpha value is -5.86. The molecule has 2 nitrogen and oxygen atoms in total. The molecule has 9 rings (SSSR count). The first kappa shape index (κ1) is 34.9. The predicted molar refractivity (Wildman–Crippen MR) is 233 cm³/mol. The SMILES string of the molecule is CCC(Cc1ccccc1-c1ccccc1C)c1ccc2oc3c(C)c4oc5ccc(C(CC)c6ccccc6-c6ccccc6C)cc5c4c(C)c3c2c1. The highest BCUT2D eigenvalue weighted by molar-refractivity contribution is 6.19. The molecule has 0 fully saturated rings. The molecule has 0 saturated heterocycles. The van der Waals surface area contributed by atoms with Crippen molar-refractivity contribution in [3.8, 4) is 22.3 Å². The van der Waals surface area contributed by atoms with Crippen molar-refractivity contribution in [1.82, 2.24) is 0 Å². The lowest BCUT2D eigenvalue weighted by atomic mass is 9.83. The van der Waals surface area contributed by atoms with Gasteiger partial charge in [-0.2, -0.15) is 0 Å². The molecule has 7 aromatic carbocycles. The fourth-order valence-corrected chi connectivity index (χ4v) is 9.36. The van der Waals surface area contributed by atoms with Crippen LogP contribution in [0.1, 0.15) is 83.0 Å². The number of benzene rings is 7. The predicted octanol–water partition coefficient (Wildman–Crippen LogP) is 15.3. The van der Waals surface area contributed by atoms with Crippen LogP contribution < -0.4 is 0 Å². The number of aryl methyl sites for hydroxylation is 4. The Kier molecular flexibility index (Phi) is 8.93. The van der Waals surface area contributed by atoms with Crippen molar-refractivity contribution in [3.05, 3.63) is 178 Å². The van der Waals surface area contributed by atoms with Crippen LogP contribution in [0.2, 0.25) is 0 Å². The lowest BCUT2D eigenvalue weighted by Crippen LogP contribution is -2.03. The highest BCUT2D eigenvalue weighted by atomic mass is 16.3. The van der Waals surface area contributed by atoms with Gasteiger partial charge in [-0.25, -0.2) is 0 Å². The van der Waals surface area contributed by atoms with E-state index in [2.05, 4.69) is 175 Å². The van der Waals surface area contributed by atoms with Crippen molar-refractivity contribution in [1.29, 1.82) is 0 Å². The standard InChI is InChI=1S/C53H48O2/c1-7-36(29-38-19-11-14-22-43(38)41-20-12-9-17-32(41)3)37-25-27-48-46(30-37)50-34(5)51-47-31-39(26-28-49(47)55-53(51)35(6)52(50)54-48)40(8-2)44-23-15-16-24-45(44)42-21-13-10-18-33(42)4/h9-28,30-31,36,40H,7-8,29H2,1-6H3. The van der Waals surface area contributed by atoms with Gasteiger partial charge in [0, 0.05) is 33.0 Å². The molecule has 9 aromatic rings. The summed E-state index contributed by atoms with van der Waals surface area (Å²) < 4.78 is 13.4. The summed E-state index contributed by atoms with van der Waals surface area (Å²) in [5, 5.41) is 4.74. The van der Waals surface area contributed by atoms with E-state index in [0.29, 0.717) is 5.92 Å². The lowest BCUT2D eigenvalue weighted by Gasteiger charge is -2.21. The van der Waals surface area contributed by atoms with Gasteiger partial charge in [-0.05, 0) is 138 Å². The van der Waals surface area contributed by atoms with Crippen molar-refractivity contribution >= 4 is 43.9 Å². The van der Waals surface area contributed by atoms with Crippen molar-refractivity contribution in [2.24, 2.45) is 0 Å². The van der Waals surface area contributed by atoms with Gasteiger partial charge in [-0.1, -0.05) is 123 Å². The van der Waals surface area contributed by atoms with Gasteiger partial charge in [0.15, 0.2) is 0 Å². The first-order valence-electron chi connectivity index (χ1n) is 20.0. The molecule has 0 N–H and O–H groups in total. The second kappa shape index (κ2) is 14.1. The maximum Gasteiger partial charge on any atom is 0.142 e. The maximum absolute atomic E-state index is 6.69. The van der Waals surface area contributed by atoms with E-state index in [1.54, 1.807) is 0 Å². The second-order valence-corrected chi connectivity index (χ2v) is 15.5. The average Bonchev–Trinajstić information content (AvgIpc) is 3.80. The van der Waals surface area contributed by atoms with E-state index in [4.69, 9.17) is 8.83 Å². The van der Waals surface area contributed by atoms with Crippen molar-refractivity contribution in [3.63, 3.8) is 0 Å². The van der Waals surface area contributed by atoms with Crippen LogP contribution in [0.5, 0.6) is 0 Å². The van der Waals surface area contributed by atoms with Crippen molar-refractivity contribution in [2.75, 3.05) is 0 Å². The van der Waals surface area contributed by atoms with Crippen LogP contribution >= 0.6 is 0 Å². The Morgan fingerprint density at radius 2 is 0.982 bits per heavy atom. The second-order valence-electron chi connectivity index (χ2n) is 15.5. The van der Waals surface area contributed by atoms with Gasteiger partial charge < -0.3 is 8.83 Å².